The summed E-state index contributed by atoms with van der Waals surface area (Å²) in [6, 6.07) is 5.89. The topological polar surface area (TPSA) is 41.5 Å². The number of fused-ring (bicyclic) bond motifs is 1. The van der Waals surface area contributed by atoms with E-state index in [9.17, 15) is 5.02 Å². The molecule has 0 radical (unpaired) electrons. The fraction of sp³-hybridized carbons (Fsp3) is 0.444. The molecule has 0 bridgehead atoms. The quantitative estimate of drug-likeness (QED) is 0.646. The van der Waals surface area contributed by atoms with Gasteiger partial charge in [0.15, 0.2) is 0 Å². The molecule has 1 aliphatic rings. The van der Waals surface area contributed by atoms with Gasteiger partial charge >= 0.3 is 7.12 Å². The van der Waals surface area contributed by atoms with Crippen molar-refractivity contribution in [3.05, 3.63) is 47.7 Å². The number of hydrogen-bond donors (Lipinski definition) is 2. The second-order valence-corrected chi connectivity index (χ2v) is 4.26. The number of nitrogens with one attached hydrogen (secondary N) is 1. The smallest absolute Gasteiger partial charge is 0.423 e. The highest BCUT2D eigenvalue weighted by Gasteiger charge is 2.26. The summed E-state index contributed by atoms with van der Waals surface area (Å²) in [4.78, 5) is 0. The Labute approximate surface area is 136 Å². The Balaban J connectivity index is 0.00000102. The van der Waals surface area contributed by atoms with Crippen LogP contribution in [0.15, 0.2) is 42.1 Å². The monoisotopic (exact) mass is 303 g/mol. The summed E-state index contributed by atoms with van der Waals surface area (Å²) >= 11 is 0. The summed E-state index contributed by atoms with van der Waals surface area (Å²) in [5.41, 5.74) is 3.99. The van der Waals surface area contributed by atoms with Gasteiger partial charge in [-0.3, -0.25) is 0 Å². The highest BCUT2D eigenvalue weighted by Crippen LogP contribution is 2.17. The Morgan fingerprint density at radius 2 is 2.00 bits per heavy atom. The van der Waals surface area contributed by atoms with Gasteiger partial charge in [0.05, 0.1) is 6.61 Å². The molecule has 0 aromatic heterocycles. The standard InChI is InChI=1S/C14H18BNO2.2C2H6/c1-3-5-6-12(4-2)16-13-7-8-14-11(9-13)10-18-15(14)17;2*1-2/h4-9,16-17H,3,10H2,1-2H3;2*1-2H3/b6-5-,12-4+;;. The lowest BCUT2D eigenvalue weighted by atomic mass is 9.79. The van der Waals surface area contributed by atoms with Crippen molar-refractivity contribution in [2.75, 3.05) is 5.32 Å². The SMILES string of the molecule is C/C=C(\C=C/CC)Nc1ccc2c(c1)COB2O.CC.CC. The zero-order valence-corrected chi connectivity index (χ0v) is 14.8. The van der Waals surface area contributed by atoms with E-state index >= 15 is 0 Å². The van der Waals surface area contributed by atoms with Crippen molar-refractivity contribution in [2.45, 2.75) is 54.6 Å². The van der Waals surface area contributed by atoms with Crippen LogP contribution in [0.5, 0.6) is 0 Å². The van der Waals surface area contributed by atoms with Gasteiger partial charge in [-0.25, -0.2) is 0 Å². The van der Waals surface area contributed by atoms with Crippen LogP contribution in [-0.4, -0.2) is 12.1 Å². The fourth-order valence-electron chi connectivity index (χ4n) is 1.93. The van der Waals surface area contributed by atoms with Crippen LogP contribution in [0, 0.1) is 0 Å². The number of allylic oxidation sites excluding steroid dienone is 3. The lowest BCUT2D eigenvalue weighted by Gasteiger charge is -2.08. The van der Waals surface area contributed by atoms with Gasteiger partial charge in [-0.2, -0.15) is 0 Å². The molecule has 0 fully saturated rings. The van der Waals surface area contributed by atoms with Crippen LogP contribution in [0.1, 0.15) is 53.5 Å². The maximum absolute atomic E-state index is 9.55. The third-order valence-corrected chi connectivity index (χ3v) is 2.94. The van der Waals surface area contributed by atoms with Crippen molar-refractivity contribution in [2.24, 2.45) is 0 Å². The third kappa shape index (κ3) is 6.08. The first-order valence-electron chi connectivity index (χ1n) is 8.27. The minimum atomic E-state index is -0.768. The molecular formula is C18H30BNO2. The molecule has 1 aliphatic heterocycles. The molecule has 2 N–H and O–H groups in total. The molecule has 0 saturated carbocycles. The van der Waals surface area contributed by atoms with E-state index in [2.05, 4.69) is 24.4 Å². The molecule has 0 atom stereocenters. The van der Waals surface area contributed by atoms with Crippen LogP contribution in [0.25, 0.3) is 0 Å². The lowest BCUT2D eigenvalue weighted by molar-refractivity contribution is 0.275. The molecule has 0 amide bonds. The zero-order chi connectivity index (χ0) is 17.0. The van der Waals surface area contributed by atoms with E-state index in [1.54, 1.807) is 0 Å². The van der Waals surface area contributed by atoms with E-state index < -0.39 is 7.12 Å². The number of hydrogen-bond acceptors (Lipinski definition) is 3. The molecule has 1 aromatic rings. The van der Waals surface area contributed by atoms with Crippen LogP contribution in [0.4, 0.5) is 5.69 Å². The van der Waals surface area contributed by atoms with Crippen molar-refractivity contribution in [1.82, 2.24) is 0 Å². The molecule has 3 nitrogen and oxygen atoms in total. The minimum Gasteiger partial charge on any atom is -0.423 e. The summed E-state index contributed by atoms with van der Waals surface area (Å²) in [5.74, 6) is 0. The molecule has 4 heteroatoms. The molecule has 0 saturated heterocycles. The average molecular weight is 303 g/mol. The first-order chi connectivity index (χ1) is 10.7. The zero-order valence-electron chi connectivity index (χ0n) is 14.8. The van der Waals surface area contributed by atoms with E-state index in [0.29, 0.717) is 6.61 Å². The lowest BCUT2D eigenvalue weighted by Crippen LogP contribution is -2.27. The first kappa shape index (κ1) is 20.5. The first-order valence-corrected chi connectivity index (χ1v) is 8.27. The van der Waals surface area contributed by atoms with Gasteiger partial charge in [-0.15, -0.1) is 0 Å². The molecule has 22 heavy (non-hydrogen) atoms. The molecule has 0 unspecified atom stereocenters. The second kappa shape index (κ2) is 12.1. The summed E-state index contributed by atoms with van der Waals surface area (Å²) in [6.07, 6.45) is 7.23. The van der Waals surface area contributed by atoms with Crippen molar-refractivity contribution in [3.8, 4) is 0 Å². The number of benzene rings is 1. The van der Waals surface area contributed by atoms with E-state index in [4.69, 9.17) is 4.65 Å². The highest BCUT2D eigenvalue weighted by atomic mass is 16.5. The van der Waals surface area contributed by atoms with Gasteiger partial charge in [0, 0.05) is 11.4 Å². The summed E-state index contributed by atoms with van der Waals surface area (Å²) in [6.45, 7) is 12.6. The van der Waals surface area contributed by atoms with Crippen LogP contribution < -0.4 is 10.8 Å². The molecule has 2 rings (SSSR count). The molecule has 1 aromatic carbocycles. The Morgan fingerprint density at radius 1 is 1.32 bits per heavy atom. The van der Waals surface area contributed by atoms with Crippen LogP contribution in [-0.2, 0) is 11.3 Å². The number of rotatable bonds is 4. The molecule has 122 valence electrons. The third-order valence-electron chi connectivity index (χ3n) is 2.94. The maximum Gasteiger partial charge on any atom is 0.491 e. The van der Waals surface area contributed by atoms with Gasteiger partial charge in [0.2, 0.25) is 0 Å². The van der Waals surface area contributed by atoms with E-state index in [1.807, 2.05) is 58.9 Å². The van der Waals surface area contributed by atoms with Gasteiger partial charge in [-0.1, -0.05) is 52.8 Å². The largest absolute Gasteiger partial charge is 0.491 e. The van der Waals surface area contributed by atoms with E-state index in [0.717, 1.165) is 28.8 Å². The summed E-state index contributed by atoms with van der Waals surface area (Å²) in [7, 11) is -0.768. The summed E-state index contributed by atoms with van der Waals surface area (Å²) < 4.78 is 5.17. The highest BCUT2D eigenvalue weighted by molar-refractivity contribution is 6.61. The predicted molar refractivity (Wildman–Crippen MR) is 98.3 cm³/mol. The van der Waals surface area contributed by atoms with Crippen LogP contribution in [0.2, 0.25) is 0 Å². The van der Waals surface area contributed by atoms with Gasteiger partial charge in [-0.05, 0) is 42.6 Å². The molecule has 0 spiro atoms. The average Bonchev–Trinajstić information content (AvgIpc) is 2.96. The minimum absolute atomic E-state index is 0.474. The number of anilines is 1. The predicted octanol–water partition coefficient (Wildman–Crippen LogP) is 4.24. The normalized spacial score (nSPS) is 13.0. The van der Waals surface area contributed by atoms with Gasteiger partial charge < -0.3 is 15.0 Å². The van der Waals surface area contributed by atoms with E-state index in [1.165, 1.54) is 0 Å². The van der Waals surface area contributed by atoms with Crippen molar-refractivity contribution in [1.29, 1.82) is 0 Å². The van der Waals surface area contributed by atoms with Crippen molar-refractivity contribution in [3.63, 3.8) is 0 Å². The molecule has 0 aliphatic carbocycles. The van der Waals surface area contributed by atoms with Gasteiger partial charge in [0.1, 0.15) is 0 Å². The van der Waals surface area contributed by atoms with Crippen molar-refractivity contribution >= 4 is 18.3 Å². The van der Waals surface area contributed by atoms with Crippen molar-refractivity contribution < 1.29 is 9.68 Å². The molecule has 1 heterocycles. The fourth-order valence-corrected chi connectivity index (χ4v) is 1.93. The summed E-state index contributed by atoms with van der Waals surface area (Å²) in [5, 5.41) is 12.9. The Bertz CT molecular complexity index is 484. The Hall–Kier alpha value is -1.52. The Morgan fingerprint density at radius 3 is 2.59 bits per heavy atom. The maximum atomic E-state index is 9.55. The Kier molecular flexibility index (Phi) is 11.2. The van der Waals surface area contributed by atoms with E-state index in [-0.39, 0.29) is 0 Å². The van der Waals surface area contributed by atoms with Gasteiger partial charge in [0.25, 0.3) is 0 Å². The molecular weight excluding hydrogens is 273 g/mol. The van der Waals surface area contributed by atoms with Crippen LogP contribution in [0.3, 0.4) is 0 Å². The second-order valence-electron chi connectivity index (χ2n) is 4.26. The van der Waals surface area contributed by atoms with Crippen LogP contribution >= 0.6 is 0 Å².